The van der Waals surface area contributed by atoms with E-state index in [0.717, 1.165) is 24.6 Å². The number of aliphatic hydroxyl groups excluding tert-OH is 1. The molecule has 146 valence electrons. The molecular formula is C20H27FN4O2. The van der Waals surface area contributed by atoms with Crippen molar-refractivity contribution in [2.24, 2.45) is 16.6 Å². The number of carbonyl (C=O) groups is 1. The first-order chi connectivity index (χ1) is 12.6. The molecule has 27 heavy (non-hydrogen) atoms. The second-order valence-corrected chi connectivity index (χ2v) is 6.87. The van der Waals surface area contributed by atoms with Crippen LogP contribution in [0.1, 0.15) is 42.7 Å². The Bertz CT molecular complexity index is 826. The van der Waals surface area contributed by atoms with Gasteiger partial charge in [0.2, 0.25) is 11.8 Å². The number of aryl methyl sites for hydroxylation is 1. The molecule has 1 fully saturated rings. The Labute approximate surface area is 159 Å². The van der Waals surface area contributed by atoms with Crippen molar-refractivity contribution in [3.8, 4) is 0 Å². The third-order valence-electron chi connectivity index (χ3n) is 4.99. The average molecular weight is 374 g/mol. The minimum Gasteiger partial charge on any atom is -0.493 e. The number of rotatable bonds is 6. The molecule has 2 rings (SSSR count). The summed E-state index contributed by atoms with van der Waals surface area (Å²) in [5, 5.41) is 10.2. The van der Waals surface area contributed by atoms with Gasteiger partial charge in [0.15, 0.2) is 5.97 Å². The summed E-state index contributed by atoms with van der Waals surface area (Å²) >= 11 is 0. The zero-order chi connectivity index (χ0) is 20.3. The van der Waals surface area contributed by atoms with Gasteiger partial charge in [-0.1, -0.05) is 13.5 Å². The van der Waals surface area contributed by atoms with Crippen LogP contribution in [-0.4, -0.2) is 33.4 Å². The fraction of sp³-hybridized carbons (Fsp3) is 0.450. The smallest absolute Gasteiger partial charge is 0.218 e. The van der Waals surface area contributed by atoms with Gasteiger partial charge in [0.1, 0.15) is 0 Å². The molecule has 1 unspecified atom stereocenters. The number of hydrogen-bond donors (Lipinski definition) is 2. The van der Waals surface area contributed by atoms with Gasteiger partial charge in [-0.3, -0.25) is 9.78 Å². The minimum absolute atomic E-state index is 0.0289. The summed E-state index contributed by atoms with van der Waals surface area (Å²) in [4.78, 5) is 21.4. The zero-order valence-electron chi connectivity index (χ0n) is 16.3. The first-order valence-corrected chi connectivity index (χ1v) is 8.96. The number of halogens is 1. The number of hydrogen-bond acceptors (Lipinski definition) is 5. The quantitative estimate of drug-likeness (QED) is 0.591. The molecule has 1 aromatic heterocycles. The van der Waals surface area contributed by atoms with Gasteiger partial charge in [-0.2, -0.15) is 9.38 Å². The van der Waals surface area contributed by atoms with Crippen molar-refractivity contribution in [2.75, 3.05) is 6.54 Å². The maximum atomic E-state index is 13.2. The summed E-state index contributed by atoms with van der Waals surface area (Å²) < 4.78 is 13.2. The monoisotopic (exact) mass is 374 g/mol. The van der Waals surface area contributed by atoms with Crippen molar-refractivity contribution in [1.82, 2.24) is 9.88 Å². The highest BCUT2D eigenvalue weighted by Gasteiger charge is 2.35. The second kappa shape index (κ2) is 8.33. The molecule has 0 aliphatic carbocycles. The van der Waals surface area contributed by atoms with E-state index in [9.17, 15) is 14.3 Å². The van der Waals surface area contributed by atoms with Crippen molar-refractivity contribution in [3.05, 3.63) is 52.3 Å². The van der Waals surface area contributed by atoms with Crippen LogP contribution in [0.5, 0.6) is 0 Å². The minimum atomic E-state index is -0.768. The Morgan fingerprint density at radius 1 is 1.52 bits per heavy atom. The van der Waals surface area contributed by atoms with Crippen LogP contribution in [0, 0.1) is 19.8 Å². The van der Waals surface area contributed by atoms with Crippen molar-refractivity contribution in [1.29, 1.82) is 0 Å². The van der Waals surface area contributed by atoms with Crippen LogP contribution < -0.4 is 5.73 Å². The van der Waals surface area contributed by atoms with E-state index in [0.29, 0.717) is 24.4 Å². The highest BCUT2D eigenvalue weighted by atomic mass is 19.1. The van der Waals surface area contributed by atoms with Crippen LogP contribution >= 0.6 is 0 Å². The summed E-state index contributed by atoms with van der Waals surface area (Å²) in [5.41, 5.74) is 10.7. The van der Waals surface area contributed by atoms with Gasteiger partial charge in [-0.25, -0.2) is 0 Å². The lowest BCUT2D eigenvalue weighted by Crippen LogP contribution is -2.22. The number of nitrogens with zero attached hydrogens (tertiary/aromatic N) is 3. The Hall–Kier alpha value is -2.70. The molecule has 0 aromatic carbocycles. The van der Waals surface area contributed by atoms with E-state index in [-0.39, 0.29) is 12.3 Å². The number of allylic oxidation sites excluding steroid dienone is 1. The first kappa shape index (κ1) is 20.6. The molecule has 0 spiro atoms. The normalized spacial score (nSPS) is 19.6. The van der Waals surface area contributed by atoms with Gasteiger partial charge in [0.25, 0.3) is 0 Å². The van der Waals surface area contributed by atoms with Crippen molar-refractivity contribution in [2.45, 2.75) is 47.1 Å². The Morgan fingerprint density at radius 2 is 2.19 bits per heavy atom. The number of aliphatic hydroxyl groups is 1. The van der Waals surface area contributed by atoms with E-state index in [1.807, 2.05) is 18.0 Å². The number of aromatic nitrogens is 1. The standard InChI is InChI=1S/C20H27FN4O2/c1-6-17-11(2)16(8-23-12(17)3)10-25-9-15(7-18(22)26)19(13(25)4)20(27)24-14(5)21/h8,15,27H,4,6-7,9-10H2,1-3,5H3,(H2,22,26)/b20-19-,24-14+. The van der Waals surface area contributed by atoms with Crippen LogP contribution in [0.4, 0.5) is 4.39 Å². The Balaban J connectivity index is 2.38. The SMILES string of the molecule is C=C1/C(=C(O)\N=C(/C)F)C(CC(N)=O)CN1Cc1cnc(C)c(CC)c1C. The predicted octanol–water partition coefficient (Wildman–Crippen LogP) is 3.24. The molecule has 0 radical (unpaired) electrons. The van der Waals surface area contributed by atoms with Crippen molar-refractivity contribution < 1.29 is 14.3 Å². The maximum absolute atomic E-state index is 13.2. The lowest BCUT2D eigenvalue weighted by molar-refractivity contribution is -0.118. The first-order valence-electron chi connectivity index (χ1n) is 8.96. The van der Waals surface area contributed by atoms with Gasteiger partial charge in [0, 0.05) is 55.5 Å². The third-order valence-corrected chi connectivity index (χ3v) is 4.99. The number of likely N-dealkylation sites (tertiary alicyclic amines) is 1. The lowest BCUT2D eigenvalue weighted by atomic mass is 9.97. The molecule has 1 aromatic rings. The van der Waals surface area contributed by atoms with E-state index >= 15 is 0 Å². The molecule has 3 N–H and O–H groups in total. The Morgan fingerprint density at radius 3 is 2.74 bits per heavy atom. The van der Waals surface area contributed by atoms with Crippen molar-refractivity contribution in [3.63, 3.8) is 0 Å². The summed E-state index contributed by atoms with van der Waals surface area (Å²) in [6, 6.07) is 0. The molecule has 0 bridgehead atoms. The van der Waals surface area contributed by atoms with Crippen LogP contribution in [0.2, 0.25) is 0 Å². The number of pyridine rings is 1. The average Bonchev–Trinajstić information content (AvgIpc) is 2.84. The van der Waals surface area contributed by atoms with Crippen LogP contribution in [0.25, 0.3) is 0 Å². The molecule has 7 heteroatoms. The third kappa shape index (κ3) is 4.53. The molecule has 0 saturated carbocycles. The predicted molar refractivity (Wildman–Crippen MR) is 104 cm³/mol. The second-order valence-electron chi connectivity index (χ2n) is 6.87. The summed E-state index contributed by atoms with van der Waals surface area (Å²) in [6.45, 7) is 12.3. The van der Waals surface area contributed by atoms with Gasteiger partial charge in [-0.15, -0.1) is 0 Å². The van der Waals surface area contributed by atoms with Gasteiger partial charge >= 0.3 is 0 Å². The van der Waals surface area contributed by atoms with E-state index in [1.54, 1.807) is 0 Å². The maximum Gasteiger partial charge on any atom is 0.218 e. The van der Waals surface area contributed by atoms with Crippen molar-refractivity contribution >= 4 is 11.9 Å². The molecule has 1 amide bonds. The van der Waals surface area contributed by atoms with E-state index in [2.05, 4.69) is 30.4 Å². The summed E-state index contributed by atoms with van der Waals surface area (Å²) in [6.07, 6.45) is 2.76. The molecule has 6 nitrogen and oxygen atoms in total. The number of amides is 1. The van der Waals surface area contributed by atoms with E-state index < -0.39 is 17.8 Å². The van der Waals surface area contributed by atoms with Gasteiger partial charge in [0.05, 0.1) is 0 Å². The molecule has 1 aliphatic rings. The number of aliphatic imine (C=N–C) groups is 1. The number of carbonyl (C=O) groups excluding carboxylic acids is 1. The summed E-state index contributed by atoms with van der Waals surface area (Å²) in [7, 11) is 0. The molecule has 1 aliphatic heterocycles. The highest BCUT2D eigenvalue weighted by molar-refractivity contribution is 5.75. The van der Waals surface area contributed by atoms with Crippen LogP contribution in [0.3, 0.4) is 0 Å². The van der Waals surface area contributed by atoms with E-state index in [4.69, 9.17) is 5.73 Å². The molecule has 2 heterocycles. The van der Waals surface area contributed by atoms with Gasteiger partial charge in [-0.05, 0) is 37.0 Å². The van der Waals surface area contributed by atoms with E-state index in [1.165, 1.54) is 11.1 Å². The number of primary amides is 1. The Kier molecular flexibility index (Phi) is 6.36. The zero-order valence-corrected chi connectivity index (χ0v) is 16.3. The van der Waals surface area contributed by atoms with Crippen LogP contribution in [-0.2, 0) is 17.8 Å². The molecule has 1 atom stereocenters. The fourth-order valence-corrected chi connectivity index (χ4v) is 3.66. The van der Waals surface area contributed by atoms with Gasteiger partial charge < -0.3 is 15.7 Å². The topological polar surface area (TPSA) is 91.8 Å². The largest absolute Gasteiger partial charge is 0.493 e. The molecule has 1 saturated heterocycles. The lowest BCUT2D eigenvalue weighted by Gasteiger charge is -2.22. The number of nitrogens with two attached hydrogens (primary N) is 1. The van der Waals surface area contributed by atoms with Crippen LogP contribution in [0.15, 0.2) is 34.9 Å². The fourth-order valence-electron chi connectivity index (χ4n) is 3.66. The molecular weight excluding hydrogens is 347 g/mol. The highest BCUT2D eigenvalue weighted by Crippen LogP contribution is 2.37. The summed E-state index contributed by atoms with van der Waals surface area (Å²) in [5.74, 6) is -2.11.